The topological polar surface area (TPSA) is 49.3 Å². The molecule has 3 heteroatoms. The molecule has 0 saturated carbocycles. The fourth-order valence-electron chi connectivity index (χ4n) is 1.89. The number of anilines is 1. The van der Waals surface area contributed by atoms with Gasteiger partial charge in [-0.3, -0.25) is 4.79 Å². The zero-order chi connectivity index (χ0) is 15.1. The molecule has 0 heterocycles. The van der Waals surface area contributed by atoms with E-state index in [4.69, 9.17) is 0 Å². The summed E-state index contributed by atoms with van der Waals surface area (Å²) in [5.74, 6) is 0.764. The van der Waals surface area contributed by atoms with Crippen molar-refractivity contribution < 1.29 is 9.90 Å². The van der Waals surface area contributed by atoms with E-state index < -0.39 is 0 Å². The highest BCUT2D eigenvalue weighted by Gasteiger charge is 2.12. The van der Waals surface area contributed by atoms with Crippen LogP contribution in [0.5, 0.6) is 5.75 Å². The van der Waals surface area contributed by atoms with Gasteiger partial charge in [0.25, 0.3) is 0 Å². The van der Waals surface area contributed by atoms with E-state index in [9.17, 15) is 9.90 Å². The largest absolute Gasteiger partial charge is 0.508 e. The smallest absolute Gasteiger partial charge is 0.164 e. The van der Waals surface area contributed by atoms with Gasteiger partial charge in [0.1, 0.15) is 5.75 Å². The Hall–Kier alpha value is -2.03. The normalized spacial score (nSPS) is 11.5. The number of phenols is 1. The summed E-state index contributed by atoms with van der Waals surface area (Å²) in [6, 6.07) is 6.71. The number of rotatable bonds is 7. The number of allylic oxidation sites excluding steroid dienone is 2. The lowest BCUT2D eigenvalue weighted by molar-refractivity contribution is -0.115. The molecule has 0 aliphatic carbocycles. The van der Waals surface area contributed by atoms with E-state index in [1.165, 1.54) is 0 Å². The lowest BCUT2D eigenvalue weighted by atomic mass is 9.95. The van der Waals surface area contributed by atoms with Crippen LogP contribution in [0.15, 0.2) is 48.2 Å². The van der Waals surface area contributed by atoms with Crippen molar-refractivity contribution in [2.75, 3.05) is 5.32 Å². The highest BCUT2D eigenvalue weighted by molar-refractivity contribution is 5.99. The second kappa shape index (κ2) is 7.53. The zero-order valence-corrected chi connectivity index (χ0v) is 12.4. The average Bonchev–Trinajstić information content (AvgIpc) is 2.39. The van der Waals surface area contributed by atoms with Crippen LogP contribution in [0, 0.1) is 5.92 Å². The van der Waals surface area contributed by atoms with Crippen LogP contribution in [-0.4, -0.2) is 10.9 Å². The Morgan fingerprint density at radius 2 is 1.95 bits per heavy atom. The van der Waals surface area contributed by atoms with Crippen LogP contribution in [-0.2, 0) is 4.79 Å². The maximum Gasteiger partial charge on any atom is 0.164 e. The number of aromatic hydroxyl groups is 1. The van der Waals surface area contributed by atoms with Crippen LogP contribution in [0.4, 0.5) is 5.69 Å². The molecule has 3 nitrogen and oxygen atoms in total. The third-order valence-electron chi connectivity index (χ3n) is 2.91. The van der Waals surface area contributed by atoms with Crippen LogP contribution in [0.1, 0.15) is 33.6 Å². The second-order valence-corrected chi connectivity index (χ2v) is 5.23. The summed E-state index contributed by atoms with van der Waals surface area (Å²) in [6.45, 7) is 10.1. The summed E-state index contributed by atoms with van der Waals surface area (Å²) in [5, 5.41) is 12.3. The lowest BCUT2D eigenvalue weighted by Crippen LogP contribution is -2.07. The van der Waals surface area contributed by atoms with Crippen molar-refractivity contribution >= 4 is 11.5 Å². The standard InChI is InChI=1S/C17H23NO2/c1-5-17(20)16(13(4)10-12(2)3)11-18-14-6-8-15(19)9-7-14/h6-9,11-12,18-19H,4-5,10H2,1-3H3/b16-11+. The molecule has 0 spiro atoms. The molecule has 1 rings (SSSR count). The van der Waals surface area contributed by atoms with Crippen LogP contribution >= 0.6 is 0 Å². The molecule has 0 aromatic heterocycles. The molecule has 1 aromatic carbocycles. The van der Waals surface area contributed by atoms with Gasteiger partial charge in [-0.2, -0.15) is 0 Å². The Morgan fingerprint density at radius 3 is 2.45 bits per heavy atom. The first-order valence-corrected chi connectivity index (χ1v) is 6.91. The first-order valence-electron chi connectivity index (χ1n) is 6.91. The highest BCUT2D eigenvalue weighted by Crippen LogP contribution is 2.20. The molecule has 0 fully saturated rings. The summed E-state index contributed by atoms with van der Waals surface area (Å²) < 4.78 is 0. The lowest BCUT2D eigenvalue weighted by Gasteiger charge is -2.12. The Morgan fingerprint density at radius 1 is 1.35 bits per heavy atom. The molecule has 0 radical (unpaired) electrons. The van der Waals surface area contributed by atoms with Gasteiger partial charge in [-0.05, 0) is 42.2 Å². The van der Waals surface area contributed by atoms with Crippen LogP contribution in [0.2, 0.25) is 0 Å². The van der Waals surface area contributed by atoms with Gasteiger partial charge in [-0.25, -0.2) is 0 Å². The first kappa shape index (κ1) is 16.0. The number of hydrogen-bond donors (Lipinski definition) is 2. The molecule has 0 saturated heterocycles. The van der Waals surface area contributed by atoms with Crippen molar-refractivity contribution in [3.05, 3.63) is 48.2 Å². The zero-order valence-electron chi connectivity index (χ0n) is 12.4. The van der Waals surface area contributed by atoms with Gasteiger partial charge in [0.2, 0.25) is 0 Å². The van der Waals surface area contributed by atoms with E-state index in [1.54, 1.807) is 30.5 Å². The highest BCUT2D eigenvalue weighted by atomic mass is 16.3. The number of ketones is 1. The molecule has 0 atom stereocenters. The quantitative estimate of drug-likeness (QED) is 0.443. The van der Waals surface area contributed by atoms with Gasteiger partial charge in [0, 0.05) is 23.9 Å². The van der Waals surface area contributed by atoms with Crippen molar-refractivity contribution in [1.82, 2.24) is 0 Å². The summed E-state index contributed by atoms with van der Waals surface area (Å²) in [4.78, 5) is 12.0. The van der Waals surface area contributed by atoms with Crippen molar-refractivity contribution in [2.45, 2.75) is 33.6 Å². The molecule has 20 heavy (non-hydrogen) atoms. The van der Waals surface area contributed by atoms with Gasteiger partial charge in [0.15, 0.2) is 5.78 Å². The molecule has 0 amide bonds. The molecule has 2 N–H and O–H groups in total. The summed E-state index contributed by atoms with van der Waals surface area (Å²) in [6.07, 6.45) is 2.97. The van der Waals surface area contributed by atoms with Crippen LogP contribution in [0.3, 0.4) is 0 Å². The van der Waals surface area contributed by atoms with Gasteiger partial charge < -0.3 is 10.4 Å². The molecule has 0 aliphatic rings. The monoisotopic (exact) mass is 273 g/mol. The third-order valence-corrected chi connectivity index (χ3v) is 2.91. The van der Waals surface area contributed by atoms with E-state index in [1.807, 2.05) is 6.92 Å². The molecule has 108 valence electrons. The Kier molecular flexibility index (Phi) is 6.04. The predicted molar refractivity (Wildman–Crippen MR) is 83.7 cm³/mol. The Balaban J connectivity index is 2.87. The fraction of sp³-hybridized carbons (Fsp3) is 0.353. The maximum atomic E-state index is 12.0. The van der Waals surface area contributed by atoms with E-state index in [0.717, 1.165) is 17.7 Å². The van der Waals surface area contributed by atoms with Crippen molar-refractivity contribution in [3.63, 3.8) is 0 Å². The molecule has 0 unspecified atom stereocenters. The average molecular weight is 273 g/mol. The van der Waals surface area contributed by atoms with E-state index >= 15 is 0 Å². The van der Waals surface area contributed by atoms with Crippen LogP contribution < -0.4 is 5.32 Å². The van der Waals surface area contributed by atoms with Crippen molar-refractivity contribution in [2.24, 2.45) is 5.92 Å². The summed E-state index contributed by atoms with van der Waals surface area (Å²) in [7, 11) is 0. The summed E-state index contributed by atoms with van der Waals surface area (Å²) in [5.41, 5.74) is 2.33. The van der Waals surface area contributed by atoms with Crippen molar-refractivity contribution in [1.29, 1.82) is 0 Å². The van der Waals surface area contributed by atoms with Gasteiger partial charge >= 0.3 is 0 Å². The maximum absolute atomic E-state index is 12.0. The number of carbonyl (C=O) groups is 1. The number of carbonyl (C=O) groups excluding carboxylic acids is 1. The molecule has 0 aliphatic heterocycles. The molecular weight excluding hydrogens is 250 g/mol. The van der Waals surface area contributed by atoms with Crippen molar-refractivity contribution in [3.8, 4) is 5.75 Å². The van der Waals surface area contributed by atoms with Gasteiger partial charge in [0.05, 0.1) is 0 Å². The molecule has 0 bridgehead atoms. The Bertz CT molecular complexity index is 498. The Labute approximate surface area is 121 Å². The number of phenolic OH excluding ortho intramolecular Hbond substituents is 1. The van der Waals surface area contributed by atoms with E-state index in [0.29, 0.717) is 17.9 Å². The molecule has 1 aromatic rings. The number of nitrogens with one attached hydrogen (secondary N) is 1. The third kappa shape index (κ3) is 4.92. The molecular formula is C17H23NO2. The van der Waals surface area contributed by atoms with Crippen LogP contribution in [0.25, 0.3) is 0 Å². The summed E-state index contributed by atoms with van der Waals surface area (Å²) >= 11 is 0. The van der Waals surface area contributed by atoms with E-state index in [-0.39, 0.29) is 11.5 Å². The minimum Gasteiger partial charge on any atom is -0.508 e. The minimum absolute atomic E-state index is 0.0851. The first-order chi connectivity index (χ1) is 9.43. The SMILES string of the molecule is C=C(CC(C)C)/C(=C\Nc1ccc(O)cc1)C(=O)CC. The number of hydrogen-bond acceptors (Lipinski definition) is 3. The fourth-order valence-corrected chi connectivity index (χ4v) is 1.89. The number of Topliss-reactive ketones (excluding diaryl/α,β-unsaturated/α-hetero) is 1. The van der Waals surface area contributed by atoms with E-state index in [2.05, 4.69) is 25.7 Å². The van der Waals surface area contributed by atoms with Gasteiger partial charge in [-0.1, -0.05) is 27.4 Å². The minimum atomic E-state index is 0.0851. The second-order valence-electron chi connectivity index (χ2n) is 5.23. The van der Waals surface area contributed by atoms with Gasteiger partial charge in [-0.15, -0.1) is 0 Å². The number of benzene rings is 1. The predicted octanol–water partition coefficient (Wildman–Crippen LogP) is 4.27.